The van der Waals surface area contributed by atoms with Gasteiger partial charge in [-0.1, -0.05) is 46.3 Å². The fourth-order valence-electron chi connectivity index (χ4n) is 4.45. The minimum atomic E-state index is -0.829. The van der Waals surface area contributed by atoms with E-state index in [1.807, 2.05) is 42.5 Å². The van der Waals surface area contributed by atoms with Crippen molar-refractivity contribution < 1.29 is 10.0 Å². The first-order valence-corrected chi connectivity index (χ1v) is 11.8. The smallest absolute Gasteiger partial charge is 0.239 e. The molecule has 1 aliphatic rings. The van der Waals surface area contributed by atoms with Crippen LogP contribution in [0.1, 0.15) is 35.1 Å². The van der Waals surface area contributed by atoms with Crippen LogP contribution in [0.2, 0.25) is 0 Å². The summed E-state index contributed by atoms with van der Waals surface area (Å²) in [5.41, 5.74) is 2.82. The molecule has 4 rings (SSSR count). The van der Waals surface area contributed by atoms with Crippen LogP contribution in [0.5, 0.6) is 5.75 Å². The molecule has 6 nitrogen and oxygen atoms in total. The second kappa shape index (κ2) is 9.62. The Labute approximate surface area is 202 Å². The minimum absolute atomic E-state index is 0.135. The molecule has 1 fully saturated rings. The van der Waals surface area contributed by atoms with Crippen LogP contribution in [0.25, 0.3) is 0 Å². The SMILES string of the molecule is O=[N+]([O-])[C@@H]1[C@@H](c2ccc(O)c(I)c2)N(Cc2cccnc2)CC[C@H]1c1ccccc1Br. The number of aromatic nitrogens is 1. The molecular weight excluding hydrogens is 573 g/mol. The zero-order valence-electron chi connectivity index (χ0n) is 16.6. The molecule has 2 heterocycles. The lowest BCUT2D eigenvalue weighted by Crippen LogP contribution is -2.48. The lowest BCUT2D eigenvalue weighted by atomic mass is 9.78. The Hall–Kier alpha value is -2.04. The van der Waals surface area contributed by atoms with Crippen molar-refractivity contribution in [2.75, 3.05) is 6.54 Å². The van der Waals surface area contributed by atoms with Crippen molar-refractivity contribution >= 4 is 38.5 Å². The van der Waals surface area contributed by atoms with E-state index in [2.05, 4.69) is 48.4 Å². The highest BCUT2D eigenvalue weighted by atomic mass is 127. The molecule has 31 heavy (non-hydrogen) atoms. The second-order valence-corrected chi connectivity index (χ2v) is 9.70. The second-order valence-electron chi connectivity index (χ2n) is 7.68. The molecule has 0 radical (unpaired) electrons. The van der Waals surface area contributed by atoms with Crippen LogP contribution in [0.4, 0.5) is 0 Å². The molecule has 1 aliphatic heterocycles. The number of benzene rings is 2. The number of phenols is 1. The Kier molecular flexibility index (Phi) is 6.88. The molecule has 0 spiro atoms. The summed E-state index contributed by atoms with van der Waals surface area (Å²) in [6.07, 6.45) is 4.21. The Balaban J connectivity index is 1.80. The van der Waals surface area contributed by atoms with Gasteiger partial charge in [0.15, 0.2) is 0 Å². The first-order valence-electron chi connectivity index (χ1n) is 9.95. The highest BCUT2D eigenvalue weighted by Crippen LogP contribution is 2.44. The van der Waals surface area contributed by atoms with E-state index in [9.17, 15) is 15.2 Å². The Bertz CT molecular complexity index is 1080. The highest BCUT2D eigenvalue weighted by molar-refractivity contribution is 14.1. The van der Waals surface area contributed by atoms with Gasteiger partial charge in [-0.15, -0.1) is 0 Å². The molecule has 1 N–H and O–H groups in total. The Morgan fingerprint density at radius 1 is 1.23 bits per heavy atom. The molecule has 2 aromatic carbocycles. The average Bonchev–Trinajstić information content (AvgIpc) is 2.76. The van der Waals surface area contributed by atoms with Gasteiger partial charge in [0.05, 0.1) is 9.49 Å². The minimum Gasteiger partial charge on any atom is -0.507 e. The molecule has 1 aromatic heterocycles. The zero-order chi connectivity index (χ0) is 22.0. The van der Waals surface area contributed by atoms with Crippen LogP contribution >= 0.6 is 38.5 Å². The van der Waals surface area contributed by atoms with Crippen molar-refractivity contribution in [3.05, 3.63) is 102 Å². The van der Waals surface area contributed by atoms with Crippen molar-refractivity contribution in [2.24, 2.45) is 0 Å². The molecule has 3 atom stereocenters. The molecule has 8 heteroatoms. The normalized spacial score (nSPS) is 21.7. The van der Waals surface area contributed by atoms with Gasteiger partial charge in [0.1, 0.15) is 11.8 Å². The highest BCUT2D eigenvalue weighted by Gasteiger charge is 2.48. The quantitative estimate of drug-likeness (QED) is 0.239. The number of likely N-dealkylation sites (tertiary alicyclic amines) is 1. The van der Waals surface area contributed by atoms with E-state index < -0.39 is 12.1 Å². The number of nitrogens with zero attached hydrogens (tertiary/aromatic N) is 3. The third kappa shape index (κ3) is 4.75. The summed E-state index contributed by atoms with van der Waals surface area (Å²) in [5, 5.41) is 22.5. The number of aromatic hydroxyl groups is 1. The average molecular weight is 594 g/mol. The number of hydrogen-bond acceptors (Lipinski definition) is 5. The van der Waals surface area contributed by atoms with Gasteiger partial charge in [-0.05, 0) is 70.0 Å². The first kappa shape index (κ1) is 22.2. The van der Waals surface area contributed by atoms with Gasteiger partial charge in [-0.25, -0.2) is 0 Å². The molecule has 0 saturated carbocycles. The van der Waals surface area contributed by atoms with Gasteiger partial charge < -0.3 is 5.11 Å². The topological polar surface area (TPSA) is 79.5 Å². The number of nitro groups is 1. The summed E-state index contributed by atoms with van der Waals surface area (Å²) in [4.78, 5) is 18.7. The maximum atomic E-state index is 12.5. The number of halogens is 2. The summed E-state index contributed by atoms with van der Waals surface area (Å²) in [7, 11) is 0. The van der Waals surface area contributed by atoms with Crippen LogP contribution in [-0.2, 0) is 6.54 Å². The number of rotatable bonds is 5. The summed E-state index contributed by atoms with van der Waals surface area (Å²) < 4.78 is 1.58. The van der Waals surface area contributed by atoms with Crippen LogP contribution in [0.3, 0.4) is 0 Å². The summed E-state index contributed by atoms with van der Waals surface area (Å²) >= 11 is 5.66. The molecule has 3 aromatic rings. The summed E-state index contributed by atoms with van der Waals surface area (Å²) in [5.74, 6) is -0.0498. The third-order valence-corrected chi connectivity index (χ3v) is 7.41. The monoisotopic (exact) mass is 593 g/mol. The van der Waals surface area contributed by atoms with Crippen molar-refractivity contribution in [1.82, 2.24) is 9.88 Å². The van der Waals surface area contributed by atoms with Gasteiger partial charge in [-0.3, -0.25) is 20.0 Å². The largest absolute Gasteiger partial charge is 0.507 e. The molecule has 1 saturated heterocycles. The van der Waals surface area contributed by atoms with E-state index in [1.54, 1.807) is 24.5 Å². The fraction of sp³-hybridized carbons (Fsp3) is 0.261. The van der Waals surface area contributed by atoms with Gasteiger partial charge in [0.25, 0.3) is 0 Å². The summed E-state index contributed by atoms with van der Waals surface area (Å²) in [6, 6.07) is 15.7. The zero-order valence-corrected chi connectivity index (χ0v) is 20.3. The molecule has 0 bridgehead atoms. The van der Waals surface area contributed by atoms with Gasteiger partial charge in [0.2, 0.25) is 6.04 Å². The number of hydrogen-bond donors (Lipinski definition) is 1. The predicted molar refractivity (Wildman–Crippen MR) is 130 cm³/mol. The first-order chi connectivity index (χ1) is 15.0. The van der Waals surface area contributed by atoms with Crippen molar-refractivity contribution in [3.8, 4) is 5.75 Å². The Morgan fingerprint density at radius 3 is 2.71 bits per heavy atom. The maximum absolute atomic E-state index is 12.5. The van der Waals surface area contributed by atoms with Crippen LogP contribution in [0, 0.1) is 13.7 Å². The van der Waals surface area contributed by atoms with Crippen LogP contribution in [0.15, 0.2) is 71.5 Å². The third-order valence-electron chi connectivity index (χ3n) is 5.83. The van der Waals surface area contributed by atoms with Crippen LogP contribution < -0.4 is 0 Å². The number of pyridine rings is 1. The lowest BCUT2D eigenvalue weighted by Gasteiger charge is -2.41. The van der Waals surface area contributed by atoms with Crippen LogP contribution in [-0.4, -0.2) is 32.5 Å². The number of piperidine rings is 1. The predicted octanol–water partition coefficient (Wildman–Crippen LogP) is 5.53. The van der Waals surface area contributed by atoms with Crippen molar-refractivity contribution in [3.63, 3.8) is 0 Å². The van der Waals surface area contributed by atoms with Gasteiger partial charge >= 0.3 is 0 Å². The molecular formula is C23H21BrIN3O3. The van der Waals surface area contributed by atoms with Gasteiger partial charge in [-0.2, -0.15) is 0 Å². The van der Waals surface area contributed by atoms with E-state index in [4.69, 9.17) is 0 Å². The van der Waals surface area contributed by atoms with E-state index >= 15 is 0 Å². The molecule has 0 amide bonds. The van der Waals surface area contributed by atoms with Gasteiger partial charge in [0, 0.05) is 34.9 Å². The molecule has 0 aliphatic carbocycles. The molecule has 160 valence electrons. The van der Waals surface area contributed by atoms with E-state index in [-0.39, 0.29) is 16.6 Å². The van der Waals surface area contributed by atoms with E-state index in [1.165, 1.54) is 0 Å². The van der Waals surface area contributed by atoms with Crippen molar-refractivity contribution in [2.45, 2.75) is 31.0 Å². The fourth-order valence-corrected chi connectivity index (χ4v) is 5.57. The molecule has 0 unspecified atom stereocenters. The van der Waals surface area contributed by atoms with E-state index in [0.717, 1.165) is 21.2 Å². The maximum Gasteiger partial charge on any atom is 0.239 e. The van der Waals surface area contributed by atoms with E-state index in [0.29, 0.717) is 23.1 Å². The number of phenolic OH excluding ortho intramolecular Hbond substituents is 1. The lowest BCUT2D eigenvalue weighted by molar-refractivity contribution is -0.540. The standard InChI is InChI=1S/C23H21BrIN3O3/c24-19-6-2-1-5-17(19)18-9-11-27(14-15-4-3-10-26-13-15)22(23(18)28(30)31)16-7-8-21(29)20(25)12-16/h1-8,10,12-13,18,22-23,29H,9,11,14H2/t18-,22+,23-/m0/s1. The summed E-state index contributed by atoms with van der Waals surface area (Å²) in [6.45, 7) is 1.29. The van der Waals surface area contributed by atoms with Crippen molar-refractivity contribution in [1.29, 1.82) is 0 Å². The Morgan fingerprint density at radius 2 is 2.03 bits per heavy atom.